The Morgan fingerprint density at radius 2 is 0.682 bits per heavy atom. The number of para-hydroxylation sites is 4. The van der Waals surface area contributed by atoms with Crippen molar-refractivity contribution in [2.75, 3.05) is 99.9 Å². The summed E-state index contributed by atoms with van der Waals surface area (Å²) in [7, 11) is 3.03. The Morgan fingerprint density at radius 3 is 1.06 bits per heavy atom. The Kier molecular flexibility index (Phi) is 20.5. The number of Topliss-reactive ketones (excluding diaryl/α,β-unsaturated/α-hetero) is 4. The van der Waals surface area contributed by atoms with Gasteiger partial charge in [-0.2, -0.15) is 0 Å². The highest BCUT2D eigenvalue weighted by Gasteiger charge is 2.51. The number of anilines is 4. The summed E-state index contributed by atoms with van der Waals surface area (Å²) >= 11 is 0. The van der Waals surface area contributed by atoms with E-state index >= 15 is 0 Å². The van der Waals surface area contributed by atoms with Gasteiger partial charge in [0.05, 0.1) is 68.5 Å². The molecule has 0 bridgehead atoms. The van der Waals surface area contributed by atoms with E-state index < -0.39 is 133 Å². The van der Waals surface area contributed by atoms with Crippen LogP contribution in [0.3, 0.4) is 0 Å². The first-order chi connectivity index (χ1) is 42.3. The highest BCUT2D eigenvalue weighted by Crippen LogP contribution is 2.45. The minimum atomic E-state index is -1.91. The first-order valence-corrected chi connectivity index (χ1v) is 27.5. The standard InChI is InChI=1S/C31H32N2O15.C28H30N2O10/c1-12-21(34)17(47-28(41)22(12)35)10-45-30(43)32-15-8-4-2-6-13(15)23(36)19(32)20-24(37)14-7-3-5-9-16(14)33(20)31(44)46-11-18-25(38)26(39)27(40)29(42)48-18;1-35-11-13-37-14-15-38-16-18-40-28(34)30-22-10-6-4-8-20(22)26(32)24(30)23-25(31)19-7-3-5-9-21(19)29(23)27(33)39-17-12-36-2/h2-9,12,17-18,21-22,25-29,34-35,38-42H,10-11H2,1H3;3-10H,11-18H2,1-2H3/b20-19+;24-23+. The van der Waals surface area contributed by atoms with Crippen molar-refractivity contribution in [3.05, 3.63) is 142 Å². The van der Waals surface area contributed by atoms with E-state index in [2.05, 4.69) is 0 Å². The van der Waals surface area contributed by atoms with Gasteiger partial charge in [0.2, 0.25) is 23.1 Å². The minimum Gasteiger partial charge on any atom is -0.446 e. The quantitative estimate of drug-likeness (QED) is 0.0479. The van der Waals surface area contributed by atoms with Gasteiger partial charge in [-0.1, -0.05) is 55.5 Å². The van der Waals surface area contributed by atoms with Crippen LogP contribution in [0, 0.1) is 5.92 Å². The molecule has 0 aromatic heterocycles. The molecule has 29 nitrogen and oxygen atoms in total. The van der Waals surface area contributed by atoms with Crippen LogP contribution in [0.4, 0.5) is 41.9 Å². The number of amides is 4. The molecule has 468 valence electrons. The van der Waals surface area contributed by atoms with Crippen molar-refractivity contribution in [1.82, 2.24) is 0 Å². The zero-order chi connectivity index (χ0) is 63.1. The summed E-state index contributed by atoms with van der Waals surface area (Å²) in [5.74, 6) is -3.73. The molecule has 0 aliphatic carbocycles. The van der Waals surface area contributed by atoms with Crippen molar-refractivity contribution in [3.63, 3.8) is 0 Å². The largest absolute Gasteiger partial charge is 0.446 e. The van der Waals surface area contributed by atoms with E-state index in [1.54, 1.807) is 43.5 Å². The molecule has 88 heavy (non-hydrogen) atoms. The normalized spacial score (nSPS) is 26.1. The Hall–Kier alpha value is -8.40. The van der Waals surface area contributed by atoms with Gasteiger partial charge >= 0.3 is 24.4 Å². The average molecular weight is 1230 g/mol. The molecule has 2 fully saturated rings. The zero-order valence-electron chi connectivity index (χ0n) is 47.3. The van der Waals surface area contributed by atoms with E-state index in [0.717, 1.165) is 19.6 Å². The van der Waals surface area contributed by atoms with Crippen molar-refractivity contribution >= 4 is 70.3 Å². The number of ether oxygens (including phenoxy) is 10. The number of allylic oxidation sites excluding steroid dienone is 4. The van der Waals surface area contributed by atoms with Crippen molar-refractivity contribution < 1.29 is 121 Å². The number of nitrogens with zero attached hydrogens (tertiary/aromatic N) is 4. The van der Waals surface area contributed by atoms with E-state index in [-0.39, 0.29) is 89.4 Å². The van der Waals surface area contributed by atoms with Crippen LogP contribution in [0.2, 0.25) is 0 Å². The van der Waals surface area contributed by atoms with Crippen LogP contribution in [0.1, 0.15) is 48.4 Å². The van der Waals surface area contributed by atoms with Gasteiger partial charge in [0.25, 0.3) is 0 Å². The summed E-state index contributed by atoms with van der Waals surface area (Å²) < 4.78 is 52.3. The van der Waals surface area contributed by atoms with Gasteiger partial charge in [0.15, 0.2) is 12.6 Å². The maximum absolute atomic E-state index is 13.9. The lowest BCUT2D eigenvalue weighted by Crippen LogP contribution is -2.58. The van der Waals surface area contributed by atoms with Gasteiger partial charge in [-0.15, -0.1) is 0 Å². The Bertz CT molecular complexity index is 3270. The monoisotopic (exact) mass is 1230 g/mol. The van der Waals surface area contributed by atoms with Gasteiger partial charge in [-0.25, -0.2) is 38.8 Å². The van der Waals surface area contributed by atoms with E-state index in [1.807, 2.05) is 0 Å². The second-order valence-electron chi connectivity index (χ2n) is 20.2. The van der Waals surface area contributed by atoms with E-state index in [9.17, 15) is 74.1 Å². The molecule has 2 saturated heterocycles. The maximum Gasteiger partial charge on any atom is 0.419 e. The van der Waals surface area contributed by atoms with Crippen LogP contribution in [-0.2, 0) is 47.4 Å². The summed E-state index contributed by atoms with van der Waals surface area (Å²) in [4.78, 5) is 113. The molecule has 10 unspecified atom stereocenters. The summed E-state index contributed by atoms with van der Waals surface area (Å²) in [6, 6.07) is 24.3. The molecule has 4 amide bonds. The zero-order valence-corrected chi connectivity index (χ0v) is 47.3. The van der Waals surface area contributed by atoms with Crippen LogP contribution in [0.15, 0.2) is 120 Å². The topological polar surface area (TPSA) is 383 Å². The number of aliphatic hydroxyl groups is 7. The Morgan fingerprint density at radius 1 is 0.386 bits per heavy atom. The SMILES string of the molecule is CC1C(O)C(O)OC(COC(=O)N2/C(=C3\C(=O)c4ccccc4N3C(=O)OCC3OC(O)C(O)C(O)C3O)C(=O)c3ccccc32)C1O.COCCOCCOCCOC(=O)N1/C(=C2\C(=O)c3ccccc3N2C(=O)OCCOC)C(=O)c2ccccc21. The number of hydrogen-bond donors (Lipinski definition) is 7. The van der Waals surface area contributed by atoms with Gasteiger partial charge < -0.3 is 83.1 Å². The van der Waals surface area contributed by atoms with Crippen LogP contribution in [0.25, 0.3) is 0 Å². The molecular weight excluding hydrogens is 1160 g/mol. The molecular formula is C59H62N4O25. The van der Waals surface area contributed by atoms with Crippen molar-refractivity contribution in [2.24, 2.45) is 5.92 Å². The number of fused-ring (bicyclic) bond motifs is 4. The lowest BCUT2D eigenvalue weighted by Gasteiger charge is -2.39. The molecule has 10 rings (SSSR count). The number of methoxy groups -OCH3 is 2. The second-order valence-corrected chi connectivity index (χ2v) is 20.2. The van der Waals surface area contributed by atoms with Gasteiger partial charge in [0.1, 0.15) is 85.8 Å². The summed E-state index contributed by atoms with van der Waals surface area (Å²) in [6.45, 7) is 1.59. The average Bonchev–Trinajstić information content (AvgIpc) is 1.61. The van der Waals surface area contributed by atoms with E-state index in [4.69, 9.17) is 47.4 Å². The molecule has 6 aliphatic heterocycles. The fourth-order valence-electron chi connectivity index (χ4n) is 10.2. The van der Waals surface area contributed by atoms with Crippen LogP contribution in [0.5, 0.6) is 0 Å². The van der Waals surface area contributed by atoms with Crippen molar-refractivity contribution in [2.45, 2.75) is 62.2 Å². The molecule has 6 aliphatic rings. The molecule has 29 heteroatoms. The third kappa shape index (κ3) is 12.7. The Labute approximate surface area is 500 Å². The molecule has 10 atom stereocenters. The third-order valence-corrected chi connectivity index (χ3v) is 14.8. The third-order valence-electron chi connectivity index (χ3n) is 14.8. The van der Waals surface area contributed by atoms with Gasteiger partial charge in [-0.05, 0) is 48.5 Å². The smallest absolute Gasteiger partial charge is 0.419 e. The van der Waals surface area contributed by atoms with Crippen LogP contribution in [-0.4, -0.2) is 219 Å². The summed E-state index contributed by atoms with van der Waals surface area (Å²) in [6.07, 6.45) is -18.8. The first-order valence-electron chi connectivity index (χ1n) is 27.5. The lowest BCUT2D eigenvalue weighted by atomic mass is 9.91. The number of benzene rings is 4. The number of rotatable bonds is 16. The first kappa shape index (κ1) is 64.1. The minimum absolute atomic E-state index is 0.00118. The molecule has 4 aromatic rings. The highest BCUT2D eigenvalue weighted by atomic mass is 16.7. The summed E-state index contributed by atoms with van der Waals surface area (Å²) in [5, 5.41) is 70.4. The molecule has 0 radical (unpaired) electrons. The molecule has 0 saturated carbocycles. The fourth-order valence-corrected chi connectivity index (χ4v) is 10.2. The van der Waals surface area contributed by atoms with Crippen LogP contribution >= 0.6 is 0 Å². The Balaban J connectivity index is 0.000000213. The lowest BCUT2D eigenvalue weighted by molar-refractivity contribution is -0.286. The fraction of sp³-hybridized carbons (Fsp3) is 0.390. The molecule has 6 heterocycles. The highest BCUT2D eigenvalue weighted by molar-refractivity contribution is 6.34. The van der Waals surface area contributed by atoms with Gasteiger partial charge in [0, 0.05) is 42.4 Å². The van der Waals surface area contributed by atoms with Crippen molar-refractivity contribution in [3.8, 4) is 0 Å². The van der Waals surface area contributed by atoms with Crippen molar-refractivity contribution in [1.29, 1.82) is 0 Å². The number of hydrogen-bond acceptors (Lipinski definition) is 25. The summed E-state index contributed by atoms with van der Waals surface area (Å²) in [5.41, 5.74) is -0.997. The maximum atomic E-state index is 13.9. The number of ketones is 4. The predicted molar refractivity (Wildman–Crippen MR) is 299 cm³/mol. The van der Waals surface area contributed by atoms with E-state index in [0.29, 0.717) is 19.8 Å². The number of carbonyl (C=O) groups excluding carboxylic acids is 8. The molecule has 0 spiro atoms. The van der Waals surface area contributed by atoms with E-state index in [1.165, 1.54) is 74.7 Å². The van der Waals surface area contributed by atoms with Crippen LogP contribution < -0.4 is 19.6 Å². The number of aliphatic hydroxyl groups excluding tert-OH is 7. The molecule has 7 N–H and O–H groups in total. The second kappa shape index (κ2) is 28.2. The predicted octanol–water partition coefficient (Wildman–Crippen LogP) is 1.96. The molecule has 4 aromatic carbocycles. The number of carbonyl (C=O) groups is 8. The van der Waals surface area contributed by atoms with Gasteiger partial charge in [-0.3, -0.25) is 19.2 Å².